The summed E-state index contributed by atoms with van der Waals surface area (Å²) in [5.74, 6) is -0.518. The van der Waals surface area contributed by atoms with Crippen LogP contribution in [0.1, 0.15) is 31.1 Å². The van der Waals surface area contributed by atoms with Gasteiger partial charge in [-0.3, -0.25) is 10.1 Å². The number of para-hydroxylation sites is 1. The van der Waals surface area contributed by atoms with Crippen LogP contribution in [0.5, 0.6) is 0 Å². The molecule has 3 rings (SSSR count). The third-order valence-corrected chi connectivity index (χ3v) is 3.64. The van der Waals surface area contributed by atoms with Crippen molar-refractivity contribution >= 4 is 22.9 Å². The molecule has 0 atom stereocenters. The second-order valence-corrected chi connectivity index (χ2v) is 6.89. The van der Waals surface area contributed by atoms with Gasteiger partial charge >= 0.3 is 6.09 Å². The van der Waals surface area contributed by atoms with Gasteiger partial charge in [0.15, 0.2) is 0 Å². The molecule has 132 valence electrons. The molecule has 1 heterocycles. The average Bonchev–Trinajstić information content (AvgIpc) is 2.59. The second kappa shape index (κ2) is 6.96. The number of amides is 2. The van der Waals surface area contributed by atoms with Gasteiger partial charge in [-0.15, -0.1) is 0 Å². The van der Waals surface area contributed by atoms with Crippen molar-refractivity contribution in [3.63, 3.8) is 0 Å². The fourth-order valence-electron chi connectivity index (χ4n) is 2.58. The normalized spacial score (nSPS) is 11.2. The first-order valence-corrected chi connectivity index (χ1v) is 8.33. The maximum atomic E-state index is 12.7. The molecule has 0 aliphatic heterocycles. The molecule has 0 spiro atoms. The van der Waals surface area contributed by atoms with E-state index in [1.807, 2.05) is 48.5 Å². The van der Waals surface area contributed by atoms with Crippen molar-refractivity contribution in [3.05, 3.63) is 66.2 Å². The SMILES string of the molecule is CC(C)(C)OC(=O)NC(=O)c1cc(-c2ccccc2)nc2ccccc12. The van der Waals surface area contributed by atoms with Gasteiger partial charge in [0, 0.05) is 10.9 Å². The lowest BCUT2D eigenvalue weighted by atomic mass is 10.0. The molecule has 0 saturated carbocycles. The highest BCUT2D eigenvalue weighted by atomic mass is 16.6. The maximum absolute atomic E-state index is 12.7. The topological polar surface area (TPSA) is 68.3 Å². The molecular weight excluding hydrogens is 328 g/mol. The number of pyridine rings is 1. The second-order valence-electron chi connectivity index (χ2n) is 6.89. The monoisotopic (exact) mass is 348 g/mol. The summed E-state index contributed by atoms with van der Waals surface area (Å²) in [6, 6.07) is 18.6. The fraction of sp³-hybridized carbons (Fsp3) is 0.190. The van der Waals surface area contributed by atoms with Gasteiger partial charge in [0.1, 0.15) is 5.60 Å². The molecule has 26 heavy (non-hydrogen) atoms. The average molecular weight is 348 g/mol. The number of benzene rings is 2. The highest BCUT2D eigenvalue weighted by Gasteiger charge is 2.20. The van der Waals surface area contributed by atoms with Crippen LogP contribution in [-0.2, 0) is 4.74 Å². The van der Waals surface area contributed by atoms with Gasteiger partial charge in [-0.1, -0.05) is 48.5 Å². The summed E-state index contributed by atoms with van der Waals surface area (Å²) in [5, 5.41) is 2.97. The quantitative estimate of drug-likeness (QED) is 0.737. The van der Waals surface area contributed by atoms with E-state index in [9.17, 15) is 9.59 Å². The Kier molecular flexibility index (Phi) is 4.71. The van der Waals surface area contributed by atoms with Crippen LogP contribution in [0, 0.1) is 0 Å². The van der Waals surface area contributed by atoms with Gasteiger partial charge in [-0.25, -0.2) is 9.78 Å². The van der Waals surface area contributed by atoms with Crippen molar-refractivity contribution in [2.24, 2.45) is 0 Å². The van der Waals surface area contributed by atoms with E-state index in [1.165, 1.54) is 0 Å². The highest BCUT2D eigenvalue weighted by Crippen LogP contribution is 2.24. The van der Waals surface area contributed by atoms with Crippen LogP contribution < -0.4 is 5.32 Å². The lowest BCUT2D eigenvalue weighted by Gasteiger charge is -2.19. The van der Waals surface area contributed by atoms with Crippen LogP contribution in [0.25, 0.3) is 22.2 Å². The molecule has 2 aromatic carbocycles. The first-order chi connectivity index (χ1) is 12.3. The van der Waals surface area contributed by atoms with Crippen LogP contribution in [-0.4, -0.2) is 22.6 Å². The Morgan fingerprint density at radius 3 is 2.31 bits per heavy atom. The molecule has 5 heteroatoms. The molecule has 0 unspecified atom stereocenters. The summed E-state index contributed by atoms with van der Waals surface area (Å²) < 4.78 is 5.17. The Morgan fingerprint density at radius 1 is 0.962 bits per heavy atom. The molecule has 0 aliphatic carbocycles. The summed E-state index contributed by atoms with van der Waals surface area (Å²) in [5.41, 5.74) is 1.94. The Morgan fingerprint density at radius 2 is 1.62 bits per heavy atom. The van der Waals surface area contributed by atoms with E-state index in [-0.39, 0.29) is 0 Å². The number of aromatic nitrogens is 1. The van der Waals surface area contributed by atoms with Crippen molar-refractivity contribution in [3.8, 4) is 11.3 Å². The molecule has 0 aliphatic rings. The largest absolute Gasteiger partial charge is 0.444 e. The van der Waals surface area contributed by atoms with Gasteiger partial charge in [0.2, 0.25) is 0 Å². The van der Waals surface area contributed by atoms with Crippen molar-refractivity contribution < 1.29 is 14.3 Å². The summed E-state index contributed by atoms with van der Waals surface area (Å²) in [4.78, 5) is 29.3. The summed E-state index contributed by atoms with van der Waals surface area (Å²) >= 11 is 0. The Bertz CT molecular complexity index is 960. The van der Waals surface area contributed by atoms with Gasteiger partial charge in [0.25, 0.3) is 5.91 Å². The number of hydrogen-bond acceptors (Lipinski definition) is 4. The molecule has 1 aromatic heterocycles. The smallest absolute Gasteiger partial charge is 0.414 e. The number of carbonyl (C=O) groups excluding carboxylic acids is 2. The van der Waals surface area contributed by atoms with Crippen molar-refractivity contribution in [2.75, 3.05) is 0 Å². The highest BCUT2D eigenvalue weighted by molar-refractivity contribution is 6.11. The van der Waals surface area contributed by atoms with E-state index in [4.69, 9.17) is 4.74 Å². The van der Waals surface area contributed by atoms with Gasteiger partial charge in [0.05, 0.1) is 16.8 Å². The van der Waals surface area contributed by atoms with Crippen LogP contribution in [0.3, 0.4) is 0 Å². The maximum Gasteiger partial charge on any atom is 0.414 e. The predicted molar refractivity (Wildman–Crippen MR) is 101 cm³/mol. The Balaban J connectivity index is 2.01. The minimum atomic E-state index is -0.773. The van der Waals surface area contributed by atoms with Crippen LogP contribution >= 0.6 is 0 Å². The summed E-state index contributed by atoms with van der Waals surface area (Å²) in [7, 11) is 0. The lowest BCUT2D eigenvalue weighted by molar-refractivity contribution is 0.0508. The minimum absolute atomic E-state index is 0.375. The fourth-order valence-corrected chi connectivity index (χ4v) is 2.58. The van der Waals surface area contributed by atoms with Crippen molar-refractivity contribution in [2.45, 2.75) is 26.4 Å². The lowest BCUT2D eigenvalue weighted by Crippen LogP contribution is -2.36. The number of hydrogen-bond donors (Lipinski definition) is 1. The van der Waals surface area contributed by atoms with Gasteiger partial charge in [-0.05, 0) is 32.9 Å². The number of nitrogens with one attached hydrogen (secondary N) is 1. The summed E-state index contributed by atoms with van der Waals surface area (Å²) in [6.07, 6.45) is -0.773. The van der Waals surface area contributed by atoms with E-state index < -0.39 is 17.6 Å². The Hall–Kier alpha value is -3.21. The zero-order valence-corrected chi connectivity index (χ0v) is 14.9. The first kappa shape index (κ1) is 17.6. The number of fused-ring (bicyclic) bond motifs is 1. The zero-order valence-electron chi connectivity index (χ0n) is 14.9. The Labute approximate surface area is 152 Å². The van der Waals surface area contributed by atoms with E-state index >= 15 is 0 Å². The third-order valence-electron chi connectivity index (χ3n) is 3.64. The van der Waals surface area contributed by atoms with E-state index in [0.29, 0.717) is 22.2 Å². The van der Waals surface area contributed by atoms with Gasteiger partial charge < -0.3 is 4.74 Å². The molecule has 3 aromatic rings. The standard InChI is InChI=1S/C21H20N2O3/c1-21(2,3)26-20(25)23-19(24)16-13-18(14-9-5-4-6-10-14)22-17-12-8-7-11-15(16)17/h4-13H,1-3H3,(H,23,24,25). The van der Waals surface area contributed by atoms with Crippen LogP contribution in [0.4, 0.5) is 4.79 Å². The van der Waals surface area contributed by atoms with Crippen LogP contribution in [0.15, 0.2) is 60.7 Å². The molecule has 0 bridgehead atoms. The zero-order chi connectivity index (χ0) is 18.7. The van der Waals surface area contributed by atoms with Crippen molar-refractivity contribution in [1.82, 2.24) is 10.3 Å². The van der Waals surface area contributed by atoms with Gasteiger partial charge in [-0.2, -0.15) is 0 Å². The molecule has 0 fully saturated rings. The summed E-state index contributed by atoms with van der Waals surface area (Å²) in [6.45, 7) is 5.23. The van der Waals surface area contributed by atoms with Crippen LogP contribution in [0.2, 0.25) is 0 Å². The minimum Gasteiger partial charge on any atom is -0.444 e. The predicted octanol–water partition coefficient (Wildman–Crippen LogP) is 4.57. The molecule has 0 radical (unpaired) electrons. The number of alkyl carbamates (subject to hydrolysis) is 1. The number of rotatable bonds is 2. The van der Waals surface area contributed by atoms with E-state index in [2.05, 4.69) is 10.3 Å². The molecule has 2 amide bonds. The third kappa shape index (κ3) is 4.06. The first-order valence-electron chi connectivity index (χ1n) is 8.33. The molecule has 1 N–H and O–H groups in total. The number of carbonyl (C=O) groups is 2. The number of imide groups is 1. The molecular formula is C21H20N2O3. The van der Waals surface area contributed by atoms with E-state index in [0.717, 1.165) is 5.56 Å². The number of nitrogens with zero attached hydrogens (tertiary/aromatic N) is 1. The molecule has 0 saturated heterocycles. The van der Waals surface area contributed by atoms with Crippen molar-refractivity contribution in [1.29, 1.82) is 0 Å². The van der Waals surface area contributed by atoms with E-state index in [1.54, 1.807) is 32.9 Å². The molecule has 5 nitrogen and oxygen atoms in total. The number of ether oxygens (including phenoxy) is 1.